The Kier molecular flexibility index (Phi) is 5.28. The zero-order valence-electron chi connectivity index (χ0n) is 16.2. The molecule has 0 fully saturated rings. The van der Waals surface area contributed by atoms with Crippen molar-refractivity contribution in [3.05, 3.63) is 88.9 Å². The van der Waals surface area contributed by atoms with Gasteiger partial charge in [0.1, 0.15) is 11.5 Å². The number of benzene rings is 2. The van der Waals surface area contributed by atoms with Gasteiger partial charge in [0, 0.05) is 0 Å². The molecular weight excluding hydrogens is 386 g/mol. The lowest BCUT2D eigenvalue weighted by molar-refractivity contribution is 0.0903. The summed E-state index contributed by atoms with van der Waals surface area (Å²) in [6.45, 7) is 1.76. The summed E-state index contributed by atoms with van der Waals surface area (Å²) >= 11 is 0. The molecule has 1 atom stereocenters. The van der Waals surface area contributed by atoms with Crippen LogP contribution in [0.3, 0.4) is 0 Å². The predicted molar refractivity (Wildman–Crippen MR) is 110 cm³/mol. The normalized spacial score (nSPS) is 16.2. The number of hydrogen-bond donors (Lipinski definition) is 1. The molecule has 6 heteroatoms. The molecule has 1 aliphatic carbocycles. The maximum atomic E-state index is 12.7. The molecule has 0 saturated carbocycles. The van der Waals surface area contributed by atoms with Crippen molar-refractivity contribution in [3.8, 4) is 0 Å². The third-order valence-corrected chi connectivity index (χ3v) is 7.11. The monoisotopic (exact) mass is 409 g/mol. The number of fused-ring (bicyclic) bond motifs is 1. The van der Waals surface area contributed by atoms with Crippen molar-refractivity contribution in [1.82, 2.24) is 5.32 Å². The summed E-state index contributed by atoms with van der Waals surface area (Å²) in [5.41, 5.74) is 3.09. The van der Waals surface area contributed by atoms with Gasteiger partial charge in [-0.3, -0.25) is 4.79 Å². The van der Waals surface area contributed by atoms with E-state index in [4.69, 9.17) is 4.42 Å². The maximum absolute atomic E-state index is 12.7. The lowest BCUT2D eigenvalue weighted by atomic mass is 9.88. The van der Waals surface area contributed by atoms with Gasteiger partial charge < -0.3 is 9.73 Å². The van der Waals surface area contributed by atoms with Crippen LogP contribution in [0.2, 0.25) is 0 Å². The van der Waals surface area contributed by atoms with Crippen LogP contribution in [0.15, 0.2) is 70.0 Å². The fourth-order valence-electron chi connectivity index (χ4n) is 3.88. The molecule has 1 aliphatic rings. The van der Waals surface area contributed by atoms with E-state index in [0.717, 1.165) is 24.8 Å². The Hall–Kier alpha value is -2.86. The van der Waals surface area contributed by atoms with Crippen LogP contribution in [0.4, 0.5) is 0 Å². The van der Waals surface area contributed by atoms with Crippen molar-refractivity contribution < 1.29 is 17.6 Å². The number of sulfone groups is 1. The third kappa shape index (κ3) is 4.12. The van der Waals surface area contributed by atoms with Crippen molar-refractivity contribution in [1.29, 1.82) is 0 Å². The van der Waals surface area contributed by atoms with E-state index in [1.807, 2.05) is 18.2 Å². The number of carbonyl (C=O) groups excluding carboxylic acids is 1. The average molecular weight is 410 g/mol. The number of rotatable bonds is 5. The summed E-state index contributed by atoms with van der Waals surface area (Å²) in [5.74, 6) is -0.228. The molecule has 1 amide bonds. The number of hydrogen-bond acceptors (Lipinski definition) is 4. The van der Waals surface area contributed by atoms with Crippen LogP contribution in [-0.2, 0) is 22.0 Å². The summed E-state index contributed by atoms with van der Waals surface area (Å²) in [5, 5.41) is 3.03. The molecule has 0 spiro atoms. The first-order valence-corrected chi connectivity index (χ1v) is 11.3. The Balaban J connectivity index is 1.48. The quantitative estimate of drug-likeness (QED) is 0.679. The van der Waals surface area contributed by atoms with Crippen molar-refractivity contribution in [2.45, 2.75) is 42.9 Å². The molecule has 0 saturated heterocycles. The van der Waals surface area contributed by atoms with Crippen molar-refractivity contribution in [2.75, 3.05) is 0 Å². The highest BCUT2D eigenvalue weighted by atomic mass is 32.2. The van der Waals surface area contributed by atoms with Crippen molar-refractivity contribution in [2.24, 2.45) is 0 Å². The molecule has 1 aromatic heterocycles. The lowest BCUT2D eigenvalue weighted by Gasteiger charge is -2.26. The summed E-state index contributed by atoms with van der Waals surface area (Å²) in [4.78, 5) is 13.0. The van der Waals surface area contributed by atoms with E-state index >= 15 is 0 Å². The van der Waals surface area contributed by atoms with Crippen molar-refractivity contribution >= 4 is 15.7 Å². The number of aryl methyl sites for hydroxylation is 2. The van der Waals surface area contributed by atoms with Gasteiger partial charge in [-0.05, 0) is 61.1 Å². The molecule has 29 heavy (non-hydrogen) atoms. The summed E-state index contributed by atoms with van der Waals surface area (Å²) in [7, 11) is -3.55. The Morgan fingerprint density at radius 3 is 2.66 bits per heavy atom. The van der Waals surface area contributed by atoms with E-state index in [2.05, 4.69) is 11.4 Å². The Morgan fingerprint density at radius 1 is 1.07 bits per heavy atom. The number of amides is 1. The van der Waals surface area contributed by atoms with E-state index < -0.39 is 9.84 Å². The molecule has 0 unspecified atom stereocenters. The Bertz CT molecular complexity index is 1150. The molecular formula is C23H23NO4S. The molecule has 0 bridgehead atoms. The van der Waals surface area contributed by atoms with Gasteiger partial charge in [0.25, 0.3) is 5.91 Å². The second-order valence-corrected chi connectivity index (χ2v) is 9.37. The van der Waals surface area contributed by atoms with Crippen LogP contribution in [0.1, 0.15) is 51.9 Å². The molecule has 1 heterocycles. The van der Waals surface area contributed by atoms with Gasteiger partial charge in [-0.15, -0.1) is 0 Å². The third-order valence-electron chi connectivity index (χ3n) is 5.32. The predicted octanol–water partition coefficient (Wildman–Crippen LogP) is 4.37. The molecule has 4 rings (SSSR count). The molecule has 2 aromatic carbocycles. The van der Waals surface area contributed by atoms with Gasteiger partial charge in [-0.1, -0.05) is 42.5 Å². The zero-order valence-corrected chi connectivity index (χ0v) is 17.0. The van der Waals surface area contributed by atoms with E-state index in [0.29, 0.717) is 5.56 Å². The lowest BCUT2D eigenvalue weighted by Crippen LogP contribution is -2.30. The standard InChI is InChI=1S/C23H23NO4S/c1-16-7-2-5-12-22(16)29(26,27)15-18-13-14-21(28-18)23(25)24-20-11-6-9-17-8-3-4-10-19(17)20/h2-5,7-8,10,12-14,20H,6,9,11,15H2,1H3,(H,24,25)/t20-/m1/s1. The van der Waals surface area contributed by atoms with E-state index in [-0.39, 0.29) is 34.1 Å². The first-order valence-electron chi connectivity index (χ1n) is 9.70. The topological polar surface area (TPSA) is 76.4 Å². The van der Waals surface area contributed by atoms with Gasteiger partial charge in [0.2, 0.25) is 0 Å². The van der Waals surface area contributed by atoms with E-state index in [1.54, 1.807) is 37.3 Å². The summed E-state index contributed by atoms with van der Waals surface area (Å²) < 4.78 is 31.0. The molecule has 150 valence electrons. The van der Waals surface area contributed by atoms with Crippen LogP contribution in [0.25, 0.3) is 0 Å². The first-order chi connectivity index (χ1) is 13.9. The largest absolute Gasteiger partial charge is 0.455 e. The minimum absolute atomic E-state index is 0.0586. The minimum atomic E-state index is -3.55. The van der Waals surface area contributed by atoms with Gasteiger partial charge in [-0.25, -0.2) is 8.42 Å². The second kappa shape index (κ2) is 7.87. The SMILES string of the molecule is Cc1ccccc1S(=O)(=O)Cc1ccc(C(=O)N[C@@H]2CCCc3ccccc32)o1. The van der Waals surface area contributed by atoms with Gasteiger partial charge in [0.05, 0.1) is 10.9 Å². The summed E-state index contributed by atoms with van der Waals surface area (Å²) in [6, 6.07) is 18.0. The molecule has 5 nitrogen and oxygen atoms in total. The zero-order chi connectivity index (χ0) is 20.4. The highest BCUT2D eigenvalue weighted by molar-refractivity contribution is 7.90. The fraction of sp³-hybridized carbons (Fsp3) is 0.261. The summed E-state index contributed by atoms with van der Waals surface area (Å²) in [6.07, 6.45) is 2.90. The van der Waals surface area contributed by atoms with Gasteiger partial charge >= 0.3 is 0 Å². The average Bonchev–Trinajstić information content (AvgIpc) is 3.16. The highest BCUT2D eigenvalue weighted by Crippen LogP contribution is 2.30. The molecule has 1 N–H and O–H groups in total. The number of carbonyl (C=O) groups is 1. The second-order valence-electron chi connectivity index (χ2n) is 7.41. The van der Waals surface area contributed by atoms with E-state index in [1.165, 1.54) is 11.6 Å². The van der Waals surface area contributed by atoms with Crippen LogP contribution in [0, 0.1) is 6.92 Å². The van der Waals surface area contributed by atoms with Crippen LogP contribution >= 0.6 is 0 Å². The van der Waals surface area contributed by atoms with Crippen LogP contribution in [-0.4, -0.2) is 14.3 Å². The molecule has 3 aromatic rings. The Labute approximate surface area is 170 Å². The van der Waals surface area contributed by atoms with Gasteiger partial charge in [0.15, 0.2) is 15.6 Å². The maximum Gasteiger partial charge on any atom is 0.287 e. The van der Waals surface area contributed by atoms with Crippen LogP contribution < -0.4 is 5.32 Å². The smallest absolute Gasteiger partial charge is 0.287 e. The fourth-order valence-corrected chi connectivity index (χ4v) is 5.41. The number of furan rings is 1. The Morgan fingerprint density at radius 2 is 1.83 bits per heavy atom. The van der Waals surface area contributed by atoms with E-state index in [9.17, 15) is 13.2 Å². The first kappa shape index (κ1) is 19.5. The van der Waals surface area contributed by atoms with Crippen LogP contribution in [0.5, 0.6) is 0 Å². The van der Waals surface area contributed by atoms with Gasteiger partial charge in [-0.2, -0.15) is 0 Å². The highest BCUT2D eigenvalue weighted by Gasteiger charge is 2.24. The van der Waals surface area contributed by atoms with Crippen molar-refractivity contribution in [3.63, 3.8) is 0 Å². The molecule has 0 aliphatic heterocycles. The number of nitrogens with one attached hydrogen (secondary N) is 1. The molecule has 0 radical (unpaired) electrons. The minimum Gasteiger partial charge on any atom is -0.455 e.